The molecule has 0 saturated heterocycles. The summed E-state index contributed by atoms with van der Waals surface area (Å²) < 4.78 is 4.99. The molecule has 2 aromatic heterocycles. The van der Waals surface area contributed by atoms with Crippen molar-refractivity contribution < 1.29 is 0 Å². The van der Waals surface area contributed by atoms with E-state index in [1.165, 1.54) is 75.1 Å². The SMILES string of the molecule is BC(B)(B)c1nc2ccccc2n1-c1cccc(-c2c3ccccc3c(-c3cccc4sc5ccccc5c34)c3cc(-c4ccccc4)ccc23)c1. The van der Waals surface area contributed by atoms with Gasteiger partial charge in [0.05, 0.1) is 40.4 Å². The number of hydrogen-bond donors (Lipinski definition) is 0. The van der Waals surface area contributed by atoms with Gasteiger partial charge in [-0.25, -0.2) is 4.98 Å². The van der Waals surface area contributed by atoms with Crippen LogP contribution in [0.25, 0.3) is 91.8 Å². The summed E-state index contributed by atoms with van der Waals surface area (Å²) in [4.78, 5) is 5.15. The van der Waals surface area contributed by atoms with Crippen molar-refractivity contribution in [3.63, 3.8) is 0 Å². The van der Waals surface area contributed by atoms with Gasteiger partial charge in [-0.2, -0.15) is 0 Å². The predicted molar refractivity (Wildman–Crippen MR) is 233 cm³/mol. The number of rotatable bonds is 5. The minimum absolute atomic E-state index is 0.142. The van der Waals surface area contributed by atoms with Crippen LogP contribution in [0.4, 0.5) is 0 Å². The first-order valence-electron chi connectivity index (χ1n) is 18.0. The fourth-order valence-electron chi connectivity index (χ4n) is 8.16. The first-order chi connectivity index (χ1) is 25.4. The number of para-hydroxylation sites is 2. The molecule has 10 rings (SSSR count). The predicted octanol–water partition coefficient (Wildman–Crippen LogP) is 9.71. The average molecular weight is 678 g/mol. The van der Waals surface area contributed by atoms with E-state index in [0.29, 0.717) is 0 Å². The fraction of sp³-hybridized carbons (Fsp3) is 0.0217. The number of aromatic nitrogens is 2. The van der Waals surface area contributed by atoms with Gasteiger partial charge in [0.25, 0.3) is 0 Å². The maximum Gasteiger partial charge on any atom is 0.0994 e. The highest BCUT2D eigenvalue weighted by Crippen LogP contribution is 2.48. The highest BCUT2D eigenvalue weighted by molar-refractivity contribution is 7.26. The second-order valence-electron chi connectivity index (χ2n) is 14.8. The Morgan fingerprint density at radius 1 is 0.481 bits per heavy atom. The maximum absolute atomic E-state index is 5.15. The van der Waals surface area contributed by atoms with E-state index in [0.717, 1.165) is 22.5 Å². The molecule has 0 atom stereocenters. The van der Waals surface area contributed by atoms with Gasteiger partial charge in [-0.3, -0.25) is 4.57 Å². The Labute approximate surface area is 309 Å². The number of imidazole rings is 1. The number of benzene rings is 8. The van der Waals surface area contributed by atoms with Crippen molar-refractivity contribution in [3.05, 3.63) is 170 Å². The second-order valence-corrected chi connectivity index (χ2v) is 15.8. The Kier molecular flexibility index (Phi) is 7.06. The van der Waals surface area contributed by atoms with Gasteiger partial charge >= 0.3 is 0 Å². The first-order valence-corrected chi connectivity index (χ1v) is 18.8. The summed E-state index contributed by atoms with van der Waals surface area (Å²) >= 11 is 1.88. The molecule has 0 aliphatic carbocycles. The Balaban J connectivity index is 1.32. The quantitative estimate of drug-likeness (QED) is 0.131. The molecule has 0 aliphatic heterocycles. The van der Waals surface area contributed by atoms with E-state index in [4.69, 9.17) is 4.98 Å². The number of thiophene rings is 1. The van der Waals surface area contributed by atoms with E-state index in [1.54, 1.807) is 0 Å². The van der Waals surface area contributed by atoms with E-state index in [2.05, 4.69) is 192 Å². The van der Waals surface area contributed by atoms with Crippen LogP contribution in [0.1, 0.15) is 5.82 Å². The molecule has 2 nitrogen and oxygen atoms in total. The maximum atomic E-state index is 5.15. The first kappa shape index (κ1) is 30.9. The molecule has 242 valence electrons. The number of hydrogen-bond acceptors (Lipinski definition) is 2. The standard InChI is InChI=1S/C46H33B3N2S/c47-46(48,49)45-50-38-20-7-8-21-39(38)51(45)31-15-10-14-30(26-31)42-32-16-4-5-17-33(32)43(37-27-29(24-25-34(37)42)28-12-2-1-3-13-28)36-19-11-23-41-44(36)35-18-6-9-22-40(35)52-41/h1-27H,47-49H2. The van der Waals surface area contributed by atoms with Crippen LogP contribution < -0.4 is 0 Å². The minimum atomic E-state index is -0.142. The molecule has 0 fully saturated rings. The van der Waals surface area contributed by atoms with E-state index in [9.17, 15) is 0 Å². The summed E-state index contributed by atoms with van der Waals surface area (Å²) in [5.74, 6) is 1.06. The van der Waals surface area contributed by atoms with Crippen molar-refractivity contribution >= 4 is 87.6 Å². The Morgan fingerprint density at radius 2 is 1.13 bits per heavy atom. The monoisotopic (exact) mass is 678 g/mol. The second kappa shape index (κ2) is 11.9. The third-order valence-electron chi connectivity index (χ3n) is 10.4. The lowest BCUT2D eigenvalue weighted by molar-refractivity contribution is 0.930. The van der Waals surface area contributed by atoms with Crippen LogP contribution in [0.15, 0.2) is 164 Å². The molecule has 0 N–H and O–H groups in total. The van der Waals surface area contributed by atoms with Crippen molar-refractivity contribution in [2.75, 3.05) is 0 Å². The van der Waals surface area contributed by atoms with Crippen LogP contribution >= 0.6 is 11.3 Å². The molecule has 2 heterocycles. The lowest BCUT2D eigenvalue weighted by Crippen LogP contribution is -2.31. The molecule has 10 aromatic rings. The Morgan fingerprint density at radius 3 is 1.96 bits per heavy atom. The van der Waals surface area contributed by atoms with Crippen molar-refractivity contribution in [1.29, 1.82) is 0 Å². The van der Waals surface area contributed by atoms with E-state index in [-0.39, 0.29) is 5.11 Å². The molecular weight excluding hydrogens is 645 g/mol. The highest BCUT2D eigenvalue weighted by Gasteiger charge is 2.25. The van der Waals surface area contributed by atoms with Gasteiger partial charge in [0.2, 0.25) is 0 Å². The van der Waals surface area contributed by atoms with Gasteiger partial charge in [-0.1, -0.05) is 126 Å². The average Bonchev–Trinajstić information content (AvgIpc) is 3.77. The van der Waals surface area contributed by atoms with E-state index in [1.807, 2.05) is 11.3 Å². The summed E-state index contributed by atoms with van der Waals surface area (Å²) in [5, 5.41) is 7.51. The zero-order chi connectivity index (χ0) is 35.0. The third-order valence-corrected chi connectivity index (χ3v) is 11.6. The third kappa shape index (κ3) is 4.86. The van der Waals surface area contributed by atoms with Crippen LogP contribution in [0.2, 0.25) is 0 Å². The minimum Gasteiger partial charge on any atom is -0.298 e. The molecule has 0 radical (unpaired) electrons. The molecular formula is C46H33B3N2S. The van der Waals surface area contributed by atoms with Crippen molar-refractivity contribution in [2.45, 2.75) is 5.11 Å². The number of fused-ring (bicyclic) bond motifs is 6. The van der Waals surface area contributed by atoms with Crippen LogP contribution in [0, 0.1) is 0 Å². The lowest BCUT2D eigenvalue weighted by atomic mass is 9.42. The highest BCUT2D eigenvalue weighted by atomic mass is 32.1. The van der Waals surface area contributed by atoms with Crippen LogP contribution in [0.5, 0.6) is 0 Å². The molecule has 0 spiro atoms. The van der Waals surface area contributed by atoms with Gasteiger partial charge < -0.3 is 0 Å². The van der Waals surface area contributed by atoms with Gasteiger partial charge in [0, 0.05) is 25.9 Å². The molecule has 0 saturated carbocycles. The zero-order valence-electron chi connectivity index (χ0n) is 29.4. The van der Waals surface area contributed by atoms with E-state index < -0.39 is 0 Å². The summed E-state index contributed by atoms with van der Waals surface area (Å²) in [7, 11) is 6.74. The Hall–Kier alpha value is -5.84. The largest absolute Gasteiger partial charge is 0.298 e. The summed E-state index contributed by atoms with van der Waals surface area (Å²) in [6, 6.07) is 60.1. The van der Waals surface area contributed by atoms with Crippen molar-refractivity contribution in [3.8, 4) is 39.1 Å². The summed E-state index contributed by atoms with van der Waals surface area (Å²) in [6.07, 6.45) is 0. The summed E-state index contributed by atoms with van der Waals surface area (Å²) in [5.41, 5.74) is 10.7. The smallest absolute Gasteiger partial charge is 0.0994 e. The van der Waals surface area contributed by atoms with E-state index >= 15 is 0 Å². The van der Waals surface area contributed by atoms with Gasteiger partial charge in [0.1, 0.15) is 0 Å². The normalized spacial score (nSPS) is 12.1. The topological polar surface area (TPSA) is 17.8 Å². The molecule has 52 heavy (non-hydrogen) atoms. The molecule has 0 bridgehead atoms. The van der Waals surface area contributed by atoms with Crippen molar-refractivity contribution in [2.24, 2.45) is 0 Å². The van der Waals surface area contributed by atoms with Gasteiger partial charge in [-0.15, -0.1) is 11.3 Å². The van der Waals surface area contributed by atoms with Crippen LogP contribution in [0.3, 0.4) is 0 Å². The number of nitrogens with zero attached hydrogens (tertiary/aromatic N) is 2. The molecule has 0 amide bonds. The van der Waals surface area contributed by atoms with Crippen LogP contribution in [-0.2, 0) is 5.11 Å². The Bertz CT molecular complexity index is 3010. The summed E-state index contributed by atoms with van der Waals surface area (Å²) in [6.45, 7) is 0. The van der Waals surface area contributed by atoms with Gasteiger partial charge in [0.15, 0.2) is 0 Å². The molecule has 8 aromatic carbocycles. The fourth-order valence-corrected chi connectivity index (χ4v) is 9.30. The van der Waals surface area contributed by atoms with Crippen LogP contribution in [-0.4, -0.2) is 33.1 Å². The zero-order valence-corrected chi connectivity index (χ0v) is 30.2. The lowest BCUT2D eigenvalue weighted by Gasteiger charge is -2.22. The van der Waals surface area contributed by atoms with Gasteiger partial charge in [-0.05, 0) is 97.4 Å². The van der Waals surface area contributed by atoms with Crippen molar-refractivity contribution in [1.82, 2.24) is 9.55 Å². The molecule has 6 heteroatoms. The molecule has 0 aliphatic rings. The molecule has 0 unspecified atom stereocenters.